The van der Waals surface area contributed by atoms with Gasteiger partial charge >= 0.3 is 0 Å². The van der Waals surface area contributed by atoms with Crippen LogP contribution >= 0.6 is 22.6 Å². The molecule has 0 aliphatic carbocycles. The first-order valence-corrected chi connectivity index (χ1v) is 7.22. The van der Waals surface area contributed by atoms with Crippen molar-refractivity contribution in [2.45, 2.75) is 13.8 Å². The monoisotopic (exact) mass is 415 g/mol. The highest BCUT2D eigenvalue weighted by molar-refractivity contribution is 14.1. The van der Waals surface area contributed by atoms with E-state index < -0.39 is 4.92 Å². The van der Waals surface area contributed by atoms with Gasteiger partial charge in [-0.25, -0.2) is 0 Å². The van der Waals surface area contributed by atoms with Crippen LogP contribution in [0, 0.1) is 37.6 Å². The molecule has 116 valence electrons. The fraction of sp³-hybridized carbons (Fsp3) is 0.143. The molecule has 0 unspecified atom stereocenters. The highest BCUT2D eigenvalue weighted by Crippen LogP contribution is 2.22. The summed E-state index contributed by atoms with van der Waals surface area (Å²) in [6.07, 6.45) is 0. The Kier molecular flexibility index (Phi) is 6.23. The van der Waals surface area contributed by atoms with E-state index in [1.807, 2.05) is 6.07 Å². The van der Waals surface area contributed by atoms with Gasteiger partial charge in [-0.1, -0.05) is 12.1 Å². The summed E-state index contributed by atoms with van der Waals surface area (Å²) < 4.78 is 0.928. The number of nitrogen functional groups attached to an aromatic ring is 1. The number of nitrogens with two attached hydrogens (primary N) is 1. The molecular formula is C14H14IN3O4. The average Bonchev–Trinajstić information content (AvgIpc) is 2.45. The van der Waals surface area contributed by atoms with Crippen LogP contribution in [0.5, 0.6) is 0 Å². The molecule has 22 heavy (non-hydrogen) atoms. The minimum absolute atomic E-state index is 0.0741. The number of nitrogens with zero attached hydrogens (tertiary/aromatic N) is 2. The van der Waals surface area contributed by atoms with Crippen LogP contribution < -0.4 is 5.73 Å². The summed E-state index contributed by atoms with van der Waals surface area (Å²) in [5, 5.41) is 20.7. The van der Waals surface area contributed by atoms with Gasteiger partial charge in [0.2, 0.25) is 0 Å². The van der Waals surface area contributed by atoms with Crippen LogP contribution in [0.15, 0.2) is 36.4 Å². The highest BCUT2D eigenvalue weighted by Gasteiger charge is 2.11. The first-order chi connectivity index (χ1) is 10.3. The van der Waals surface area contributed by atoms with Crippen LogP contribution in [0.2, 0.25) is 0 Å². The van der Waals surface area contributed by atoms with Crippen molar-refractivity contribution in [3.8, 4) is 0 Å². The number of halogens is 1. The van der Waals surface area contributed by atoms with E-state index in [4.69, 9.17) is 5.73 Å². The minimum Gasteiger partial charge on any atom is -0.398 e. The minimum atomic E-state index is -0.439. The maximum atomic E-state index is 10.4. The Balaban J connectivity index is 0.000000220. The molecule has 0 aliphatic rings. The maximum absolute atomic E-state index is 10.4. The first-order valence-electron chi connectivity index (χ1n) is 6.14. The molecule has 8 heteroatoms. The van der Waals surface area contributed by atoms with Crippen molar-refractivity contribution >= 4 is 39.7 Å². The van der Waals surface area contributed by atoms with Gasteiger partial charge in [-0.2, -0.15) is 0 Å². The number of anilines is 1. The van der Waals surface area contributed by atoms with Gasteiger partial charge in [0, 0.05) is 32.5 Å². The van der Waals surface area contributed by atoms with E-state index in [1.165, 1.54) is 12.1 Å². The molecule has 2 N–H and O–H groups in total. The van der Waals surface area contributed by atoms with Crippen molar-refractivity contribution in [3.05, 3.63) is 71.3 Å². The molecule has 0 amide bonds. The van der Waals surface area contributed by atoms with Crippen LogP contribution in [0.3, 0.4) is 0 Å². The van der Waals surface area contributed by atoms with E-state index in [0.29, 0.717) is 11.3 Å². The van der Waals surface area contributed by atoms with Gasteiger partial charge in [0.25, 0.3) is 11.4 Å². The van der Waals surface area contributed by atoms with Crippen LogP contribution in [-0.2, 0) is 0 Å². The second-order valence-electron chi connectivity index (χ2n) is 4.39. The molecule has 2 aromatic carbocycles. The Hall–Kier alpha value is -2.23. The summed E-state index contributed by atoms with van der Waals surface area (Å²) in [6.45, 7) is 3.38. The Labute approximate surface area is 140 Å². The number of hydrogen-bond acceptors (Lipinski definition) is 5. The van der Waals surface area contributed by atoms with E-state index in [1.54, 1.807) is 32.0 Å². The third-order valence-electron chi connectivity index (χ3n) is 2.98. The molecular weight excluding hydrogens is 401 g/mol. The lowest BCUT2D eigenvalue weighted by atomic mass is 10.2. The number of benzene rings is 2. The molecule has 0 heterocycles. The van der Waals surface area contributed by atoms with E-state index in [-0.39, 0.29) is 16.3 Å². The zero-order chi connectivity index (χ0) is 16.9. The molecule has 0 aliphatic heterocycles. The Morgan fingerprint density at radius 1 is 0.909 bits per heavy atom. The lowest BCUT2D eigenvalue weighted by molar-refractivity contribution is -0.385. The van der Waals surface area contributed by atoms with Crippen molar-refractivity contribution < 1.29 is 9.85 Å². The molecule has 0 aromatic heterocycles. The van der Waals surface area contributed by atoms with Crippen molar-refractivity contribution in [1.82, 2.24) is 0 Å². The Bertz CT molecular complexity index is 658. The van der Waals surface area contributed by atoms with E-state index in [2.05, 4.69) is 22.6 Å². The average molecular weight is 415 g/mol. The summed E-state index contributed by atoms with van der Waals surface area (Å²) in [5.74, 6) is 0. The molecule has 0 fully saturated rings. The highest BCUT2D eigenvalue weighted by atomic mass is 127. The topological polar surface area (TPSA) is 112 Å². The summed E-state index contributed by atoms with van der Waals surface area (Å²) in [4.78, 5) is 19.9. The predicted octanol–water partition coefficient (Wildman–Crippen LogP) is 3.99. The smallest absolute Gasteiger partial charge is 0.274 e. The van der Waals surface area contributed by atoms with Gasteiger partial charge in [-0.3, -0.25) is 20.2 Å². The number of nitro benzene ring substituents is 2. The lowest BCUT2D eigenvalue weighted by Gasteiger charge is -1.98. The molecule has 0 bridgehead atoms. The van der Waals surface area contributed by atoms with Crippen LogP contribution in [0.4, 0.5) is 17.1 Å². The third-order valence-corrected chi connectivity index (χ3v) is 4.15. The second kappa shape index (κ2) is 7.69. The van der Waals surface area contributed by atoms with Gasteiger partial charge in [0.1, 0.15) is 0 Å². The predicted molar refractivity (Wildman–Crippen MR) is 92.8 cm³/mol. The van der Waals surface area contributed by atoms with Gasteiger partial charge < -0.3 is 5.73 Å². The van der Waals surface area contributed by atoms with Crippen LogP contribution in [0.1, 0.15) is 11.1 Å². The van der Waals surface area contributed by atoms with Crippen LogP contribution in [0.25, 0.3) is 0 Å². The third kappa shape index (κ3) is 4.38. The summed E-state index contributed by atoms with van der Waals surface area (Å²) in [5.41, 5.74) is 7.44. The number of nitro groups is 2. The largest absolute Gasteiger partial charge is 0.398 e. The summed E-state index contributed by atoms with van der Waals surface area (Å²) in [6, 6.07) is 9.70. The standard InChI is InChI=1S/C7H6INO2.C7H8N2O2/c2*1-5-6(8)3-2-4-7(5)9(10)11/h2-4H,1H3;2-4H,8H2,1H3. The summed E-state index contributed by atoms with van der Waals surface area (Å²) in [7, 11) is 0. The van der Waals surface area contributed by atoms with E-state index in [0.717, 1.165) is 9.13 Å². The number of rotatable bonds is 2. The van der Waals surface area contributed by atoms with Gasteiger partial charge in [-0.15, -0.1) is 0 Å². The SMILES string of the molecule is Cc1c(I)cccc1[N+](=O)[O-].Cc1c(N)cccc1[N+](=O)[O-]. The van der Waals surface area contributed by atoms with Gasteiger partial charge in [0.15, 0.2) is 0 Å². The molecule has 2 aromatic rings. The number of hydrogen-bond donors (Lipinski definition) is 1. The Morgan fingerprint density at radius 3 is 1.77 bits per heavy atom. The molecule has 0 radical (unpaired) electrons. The molecule has 0 saturated carbocycles. The van der Waals surface area contributed by atoms with E-state index in [9.17, 15) is 20.2 Å². The molecule has 0 spiro atoms. The van der Waals surface area contributed by atoms with Gasteiger partial charge in [0.05, 0.1) is 9.85 Å². The summed E-state index contributed by atoms with van der Waals surface area (Å²) >= 11 is 2.08. The molecule has 7 nitrogen and oxygen atoms in total. The Morgan fingerprint density at radius 2 is 1.36 bits per heavy atom. The molecule has 2 rings (SSSR count). The maximum Gasteiger partial charge on any atom is 0.274 e. The van der Waals surface area contributed by atoms with Crippen molar-refractivity contribution in [2.24, 2.45) is 0 Å². The fourth-order valence-corrected chi connectivity index (χ4v) is 2.12. The van der Waals surface area contributed by atoms with Gasteiger partial charge in [-0.05, 0) is 48.6 Å². The zero-order valence-corrected chi connectivity index (χ0v) is 14.1. The van der Waals surface area contributed by atoms with Crippen molar-refractivity contribution in [1.29, 1.82) is 0 Å². The zero-order valence-electron chi connectivity index (χ0n) is 11.9. The first kappa shape index (κ1) is 17.8. The molecule has 0 saturated heterocycles. The van der Waals surface area contributed by atoms with Crippen molar-refractivity contribution in [3.63, 3.8) is 0 Å². The van der Waals surface area contributed by atoms with Crippen LogP contribution in [-0.4, -0.2) is 9.85 Å². The second-order valence-corrected chi connectivity index (χ2v) is 5.55. The van der Waals surface area contributed by atoms with Crippen molar-refractivity contribution in [2.75, 3.05) is 5.73 Å². The lowest BCUT2D eigenvalue weighted by Crippen LogP contribution is -1.95. The normalized spacial score (nSPS) is 9.59. The molecule has 0 atom stereocenters. The fourth-order valence-electron chi connectivity index (χ4n) is 1.63. The van der Waals surface area contributed by atoms with E-state index >= 15 is 0 Å². The quantitative estimate of drug-likeness (QED) is 0.345.